The smallest absolute Gasteiger partial charge is 0.239 e. The van der Waals surface area contributed by atoms with Gasteiger partial charge < -0.3 is 21.1 Å². The van der Waals surface area contributed by atoms with E-state index in [1.165, 1.54) is 0 Å². The fourth-order valence-electron chi connectivity index (χ4n) is 2.23. The van der Waals surface area contributed by atoms with Crippen LogP contribution in [0.15, 0.2) is 0 Å². The maximum atomic E-state index is 11.7. The molecule has 1 saturated heterocycles. The Bertz CT molecular complexity index is 317. The van der Waals surface area contributed by atoms with E-state index >= 15 is 0 Å². The van der Waals surface area contributed by atoms with Gasteiger partial charge in [-0.15, -0.1) is 0 Å². The van der Waals surface area contributed by atoms with E-state index < -0.39 is 0 Å². The third-order valence-electron chi connectivity index (χ3n) is 3.42. The van der Waals surface area contributed by atoms with Crippen molar-refractivity contribution >= 4 is 11.8 Å². The number of nitrogens with one attached hydrogen (secondary N) is 2. The molecule has 1 atom stereocenters. The third-order valence-corrected chi connectivity index (χ3v) is 3.42. The van der Waals surface area contributed by atoms with Gasteiger partial charge >= 0.3 is 0 Å². The quantitative estimate of drug-likeness (QED) is 0.531. The summed E-state index contributed by atoms with van der Waals surface area (Å²) in [4.78, 5) is 25.0. The molecule has 0 aromatic heterocycles. The first kappa shape index (κ1) is 16.9. The van der Waals surface area contributed by atoms with Crippen molar-refractivity contribution in [2.75, 3.05) is 45.9 Å². The van der Waals surface area contributed by atoms with Crippen molar-refractivity contribution in [3.05, 3.63) is 0 Å². The van der Waals surface area contributed by atoms with Gasteiger partial charge in [0.1, 0.15) is 0 Å². The lowest BCUT2D eigenvalue weighted by Crippen LogP contribution is -2.52. The Kier molecular flexibility index (Phi) is 7.50. The first-order chi connectivity index (χ1) is 9.54. The van der Waals surface area contributed by atoms with E-state index in [0.29, 0.717) is 12.5 Å². The van der Waals surface area contributed by atoms with Crippen molar-refractivity contribution < 1.29 is 14.3 Å². The molecule has 1 aliphatic rings. The van der Waals surface area contributed by atoms with Gasteiger partial charge in [-0.1, -0.05) is 13.8 Å². The fourth-order valence-corrected chi connectivity index (χ4v) is 2.23. The molecular formula is C13H26N4O3. The Hall–Kier alpha value is -1.18. The molecule has 2 amide bonds. The lowest BCUT2D eigenvalue weighted by molar-refractivity contribution is -0.125. The van der Waals surface area contributed by atoms with Crippen LogP contribution in [0.3, 0.4) is 0 Å². The van der Waals surface area contributed by atoms with E-state index in [1.54, 1.807) is 0 Å². The zero-order valence-corrected chi connectivity index (χ0v) is 12.4. The van der Waals surface area contributed by atoms with Crippen LogP contribution in [0.25, 0.3) is 0 Å². The van der Waals surface area contributed by atoms with Gasteiger partial charge in [-0.05, 0) is 5.92 Å². The molecule has 0 aromatic carbocycles. The number of hydrogen-bond donors (Lipinski definition) is 3. The molecule has 1 rings (SSSR count). The zero-order valence-electron chi connectivity index (χ0n) is 12.4. The maximum Gasteiger partial charge on any atom is 0.239 e. The van der Waals surface area contributed by atoms with Crippen molar-refractivity contribution in [3.8, 4) is 0 Å². The van der Waals surface area contributed by atoms with Crippen molar-refractivity contribution in [2.24, 2.45) is 11.7 Å². The zero-order chi connectivity index (χ0) is 15.0. The molecule has 20 heavy (non-hydrogen) atoms. The summed E-state index contributed by atoms with van der Waals surface area (Å²) in [5.41, 5.74) is 5.16. The minimum Gasteiger partial charge on any atom is -0.379 e. The summed E-state index contributed by atoms with van der Waals surface area (Å²) in [5.74, 6) is -0.0773. The van der Waals surface area contributed by atoms with Crippen LogP contribution in [0.5, 0.6) is 0 Å². The van der Waals surface area contributed by atoms with Gasteiger partial charge in [0, 0.05) is 25.7 Å². The summed E-state index contributed by atoms with van der Waals surface area (Å²) in [6.45, 7) is 8.00. The summed E-state index contributed by atoms with van der Waals surface area (Å²) in [5, 5.41) is 5.32. The number of carbonyl (C=O) groups excluding carboxylic acids is 2. The molecule has 4 N–H and O–H groups in total. The number of nitrogens with zero attached hydrogens (tertiary/aromatic N) is 1. The highest BCUT2D eigenvalue weighted by molar-refractivity contribution is 5.85. The minimum atomic E-state index is -0.325. The van der Waals surface area contributed by atoms with Crippen LogP contribution in [0.4, 0.5) is 0 Å². The highest BCUT2D eigenvalue weighted by Gasteiger charge is 2.24. The first-order valence-corrected chi connectivity index (χ1v) is 7.09. The number of morpholine rings is 1. The summed E-state index contributed by atoms with van der Waals surface area (Å²) in [6.07, 6.45) is 0. The lowest BCUT2D eigenvalue weighted by Gasteiger charge is -2.36. The average Bonchev–Trinajstić information content (AvgIpc) is 2.45. The number of nitrogens with two attached hydrogens (primary N) is 1. The van der Waals surface area contributed by atoms with Crippen LogP contribution < -0.4 is 16.4 Å². The second kappa shape index (κ2) is 8.89. The molecule has 1 fully saturated rings. The van der Waals surface area contributed by atoms with E-state index in [1.807, 2.05) is 0 Å². The molecule has 0 aliphatic carbocycles. The maximum absolute atomic E-state index is 11.7. The number of carbonyl (C=O) groups is 2. The predicted octanol–water partition coefficient (Wildman–Crippen LogP) is -1.47. The normalized spacial score (nSPS) is 17.8. The molecule has 0 bridgehead atoms. The summed E-state index contributed by atoms with van der Waals surface area (Å²) in [7, 11) is 0. The predicted molar refractivity (Wildman–Crippen MR) is 76.1 cm³/mol. The monoisotopic (exact) mass is 286 g/mol. The molecule has 7 nitrogen and oxygen atoms in total. The van der Waals surface area contributed by atoms with Gasteiger partial charge in [-0.3, -0.25) is 14.5 Å². The van der Waals surface area contributed by atoms with Crippen LogP contribution in [-0.2, 0) is 14.3 Å². The topological polar surface area (TPSA) is 96.7 Å². The molecule has 0 spiro atoms. The molecule has 0 aromatic rings. The van der Waals surface area contributed by atoms with Gasteiger partial charge in [-0.2, -0.15) is 0 Å². The molecule has 1 aliphatic heterocycles. The Morgan fingerprint density at radius 2 is 1.85 bits per heavy atom. The molecule has 7 heteroatoms. The van der Waals surface area contributed by atoms with Crippen LogP contribution in [0.2, 0.25) is 0 Å². The largest absolute Gasteiger partial charge is 0.379 e. The number of ether oxygens (including phenoxy) is 1. The van der Waals surface area contributed by atoms with Gasteiger partial charge in [0.25, 0.3) is 0 Å². The van der Waals surface area contributed by atoms with Gasteiger partial charge in [0.05, 0.1) is 26.3 Å². The van der Waals surface area contributed by atoms with Crippen molar-refractivity contribution in [1.82, 2.24) is 15.5 Å². The second-order valence-corrected chi connectivity index (χ2v) is 5.24. The van der Waals surface area contributed by atoms with Crippen molar-refractivity contribution in [3.63, 3.8) is 0 Å². The Morgan fingerprint density at radius 3 is 2.40 bits per heavy atom. The fraction of sp³-hybridized carbons (Fsp3) is 0.846. The van der Waals surface area contributed by atoms with Crippen LogP contribution in [0.1, 0.15) is 13.8 Å². The first-order valence-electron chi connectivity index (χ1n) is 7.09. The minimum absolute atomic E-state index is 0.0238. The SMILES string of the molecule is CC(C)C(CNC(=O)CNC(=O)CN)N1CCOCC1. The molecule has 116 valence electrons. The summed E-state index contributed by atoms with van der Waals surface area (Å²) >= 11 is 0. The van der Waals surface area contributed by atoms with E-state index in [2.05, 4.69) is 29.4 Å². The molecule has 1 heterocycles. The highest BCUT2D eigenvalue weighted by Crippen LogP contribution is 2.12. The molecule has 1 unspecified atom stereocenters. The van der Waals surface area contributed by atoms with E-state index in [0.717, 1.165) is 26.3 Å². The third kappa shape index (κ3) is 5.85. The molecular weight excluding hydrogens is 260 g/mol. The Labute approximate surface area is 120 Å². The average molecular weight is 286 g/mol. The Balaban J connectivity index is 2.34. The summed E-state index contributed by atoms with van der Waals surface area (Å²) < 4.78 is 5.34. The van der Waals surface area contributed by atoms with Gasteiger partial charge in [-0.25, -0.2) is 0 Å². The standard InChI is InChI=1S/C13H26N4O3/c1-10(2)11(17-3-5-20-6-4-17)8-15-13(19)9-16-12(18)7-14/h10-11H,3-9,14H2,1-2H3,(H,15,19)(H,16,18). The van der Waals surface area contributed by atoms with Crippen LogP contribution >= 0.6 is 0 Å². The highest BCUT2D eigenvalue weighted by atomic mass is 16.5. The van der Waals surface area contributed by atoms with Gasteiger partial charge in [0.15, 0.2) is 0 Å². The van der Waals surface area contributed by atoms with Crippen molar-refractivity contribution in [1.29, 1.82) is 0 Å². The van der Waals surface area contributed by atoms with Gasteiger partial charge in [0.2, 0.25) is 11.8 Å². The number of amides is 2. The van der Waals surface area contributed by atoms with Crippen LogP contribution in [0, 0.1) is 5.92 Å². The molecule has 0 saturated carbocycles. The van der Waals surface area contributed by atoms with E-state index in [4.69, 9.17) is 10.5 Å². The second-order valence-electron chi connectivity index (χ2n) is 5.24. The molecule has 0 radical (unpaired) electrons. The lowest BCUT2D eigenvalue weighted by atomic mass is 10.0. The van der Waals surface area contributed by atoms with E-state index in [-0.39, 0.29) is 30.9 Å². The number of hydrogen-bond acceptors (Lipinski definition) is 5. The summed E-state index contributed by atoms with van der Waals surface area (Å²) in [6, 6.07) is 0.285. The number of rotatable bonds is 7. The van der Waals surface area contributed by atoms with Crippen LogP contribution in [-0.4, -0.2) is 68.7 Å². The van der Waals surface area contributed by atoms with E-state index in [9.17, 15) is 9.59 Å². The Morgan fingerprint density at radius 1 is 1.20 bits per heavy atom. The van der Waals surface area contributed by atoms with Crippen molar-refractivity contribution in [2.45, 2.75) is 19.9 Å².